The normalized spacial score (nSPS) is 14.4. The molecule has 0 amide bonds. The van der Waals surface area contributed by atoms with Crippen molar-refractivity contribution in [1.29, 1.82) is 0 Å². The summed E-state index contributed by atoms with van der Waals surface area (Å²) in [7, 11) is 0. The van der Waals surface area contributed by atoms with Gasteiger partial charge in [0.1, 0.15) is 5.25 Å². The van der Waals surface area contributed by atoms with Gasteiger partial charge in [-0.1, -0.05) is 27.7 Å². The zero-order valence-corrected chi connectivity index (χ0v) is 14.7. The van der Waals surface area contributed by atoms with Gasteiger partial charge in [0.2, 0.25) is 0 Å². The maximum absolute atomic E-state index is 12.8. The van der Waals surface area contributed by atoms with Gasteiger partial charge in [-0.05, 0) is 30.4 Å². The number of hydrogen-bond acceptors (Lipinski definition) is 3. The number of ether oxygens (including phenoxy) is 1. The van der Waals surface area contributed by atoms with Crippen molar-refractivity contribution in [3.8, 4) is 0 Å². The van der Waals surface area contributed by atoms with Gasteiger partial charge in [-0.3, -0.25) is 4.79 Å². The summed E-state index contributed by atoms with van der Waals surface area (Å²) < 4.78 is 66.9. The summed E-state index contributed by atoms with van der Waals surface area (Å²) in [6.07, 6.45) is -6.61. The largest absolute Gasteiger partial charge is 0.465 e. The molecule has 0 aromatic heterocycles. The first-order valence-electron chi connectivity index (χ1n) is 7.59. The molecule has 0 aliphatic carbocycles. The van der Waals surface area contributed by atoms with Crippen LogP contribution >= 0.6 is 11.8 Å². The van der Waals surface area contributed by atoms with Crippen LogP contribution in [-0.2, 0) is 9.53 Å². The fourth-order valence-corrected chi connectivity index (χ4v) is 2.98. The lowest BCUT2D eigenvalue weighted by Crippen LogP contribution is -2.36. The summed E-state index contributed by atoms with van der Waals surface area (Å²) in [5.74, 6) is -4.69. The first kappa shape index (κ1) is 22.5. The number of esters is 1. The summed E-state index contributed by atoms with van der Waals surface area (Å²) in [5, 5.41) is -0.534. The average Bonchev–Trinajstić information content (AvgIpc) is 2.37. The van der Waals surface area contributed by atoms with Gasteiger partial charge >= 0.3 is 18.1 Å². The number of thioether (sulfide) groups is 1. The lowest BCUT2D eigenvalue weighted by Gasteiger charge is -2.21. The molecule has 0 aromatic rings. The number of halogens is 5. The van der Waals surface area contributed by atoms with Crippen LogP contribution in [0.15, 0.2) is 0 Å². The Balaban J connectivity index is 4.38. The predicted molar refractivity (Wildman–Crippen MR) is 81.7 cm³/mol. The Hall–Kier alpha value is -0.530. The van der Waals surface area contributed by atoms with E-state index in [1.54, 1.807) is 0 Å². The van der Waals surface area contributed by atoms with Crippen molar-refractivity contribution >= 4 is 17.7 Å². The standard InChI is InChI=1S/C15H25F5O2S/c1-10(2)8-12(13(21)22-9-11(3)4)23-7-5-6-14(16,17)15(18,19)20/h10-12H,5-9H2,1-4H3. The number of carbonyl (C=O) groups is 1. The van der Waals surface area contributed by atoms with Gasteiger partial charge in [0.05, 0.1) is 6.61 Å². The van der Waals surface area contributed by atoms with E-state index in [0.717, 1.165) is 11.8 Å². The molecular formula is C15H25F5O2S. The summed E-state index contributed by atoms with van der Waals surface area (Å²) in [6.45, 7) is 7.84. The molecule has 1 unspecified atom stereocenters. The maximum atomic E-state index is 12.8. The van der Waals surface area contributed by atoms with Gasteiger partial charge in [-0.15, -0.1) is 11.8 Å². The van der Waals surface area contributed by atoms with E-state index in [-0.39, 0.29) is 30.6 Å². The molecule has 0 heterocycles. The molecule has 0 aliphatic heterocycles. The smallest absolute Gasteiger partial charge is 0.453 e. The molecule has 0 saturated heterocycles. The van der Waals surface area contributed by atoms with Crippen molar-refractivity contribution in [2.45, 2.75) is 64.3 Å². The minimum Gasteiger partial charge on any atom is -0.465 e. The van der Waals surface area contributed by atoms with Crippen molar-refractivity contribution in [2.24, 2.45) is 11.8 Å². The number of carbonyl (C=O) groups excluding carboxylic acids is 1. The molecule has 0 spiro atoms. The van der Waals surface area contributed by atoms with Gasteiger partial charge in [0.25, 0.3) is 0 Å². The van der Waals surface area contributed by atoms with E-state index < -0.39 is 29.7 Å². The predicted octanol–water partition coefficient (Wildman–Crippen LogP) is 5.31. The molecule has 0 aliphatic rings. The number of rotatable bonds is 10. The third kappa shape index (κ3) is 9.37. The highest BCUT2D eigenvalue weighted by Gasteiger charge is 2.56. The molecule has 138 valence electrons. The summed E-state index contributed by atoms with van der Waals surface area (Å²) in [4.78, 5) is 12.0. The van der Waals surface area contributed by atoms with E-state index in [4.69, 9.17) is 4.74 Å². The van der Waals surface area contributed by atoms with Crippen molar-refractivity contribution in [2.75, 3.05) is 12.4 Å². The van der Waals surface area contributed by atoms with E-state index in [0.29, 0.717) is 6.42 Å². The highest BCUT2D eigenvalue weighted by molar-refractivity contribution is 8.00. The van der Waals surface area contributed by atoms with Gasteiger partial charge in [0.15, 0.2) is 0 Å². The van der Waals surface area contributed by atoms with Crippen LogP contribution in [0.1, 0.15) is 47.0 Å². The Labute approximate surface area is 138 Å². The molecule has 0 N–H and O–H groups in total. The summed E-state index contributed by atoms with van der Waals surface area (Å²) in [5.41, 5.74) is 0. The van der Waals surface area contributed by atoms with Crippen molar-refractivity contribution in [1.82, 2.24) is 0 Å². The van der Waals surface area contributed by atoms with E-state index in [9.17, 15) is 26.7 Å². The third-order valence-corrected chi connectivity index (χ3v) is 4.19. The maximum Gasteiger partial charge on any atom is 0.453 e. The van der Waals surface area contributed by atoms with E-state index in [1.165, 1.54) is 0 Å². The number of hydrogen-bond donors (Lipinski definition) is 0. The average molecular weight is 364 g/mol. The van der Waals surface area contributed by atoms with E-state index in [1.807, 2.05) is 27.7 Å². The molecule has 0 aromatic carbocycles. The Morgan fingerprint density at radius 2 is 1.61 bits per heavy atom. The molecule has 0 radical (unpaired) electrons. The minimum absolute atomic E-state index is 0.0554. The van der Waals surface area contributed by atoms with Crippen LogP contribution < -0.4 is 0 Å². The third-order valence-electron chi connectivity index (χ3n) is 2.88. The molecule has 0 fully saturated rings. The highest BCUT2D eigenvalue weighted by atomic mass is 32.2. The SMILES string of the molecule is CC(C)COC(=O)C(CC(C)C)SCCCC(F)(F)C(F)(F)F. The van der Waals surface area contributed by atoms with Gasteiger partial charge in [-0.2, -0.15) is 22.0 Å². The zero-order chi connectivity index (χ0) is 18.3. The Morgan fingerprint density at radius 3 is 2.04 bits per heavy atom. The number of alkyl halides is 5. The topological polar surface area (TPSA) is 26.3 Å². The van der Waals surface area contributed by atoms with E-state index in [2.05, 4.69) is 0 Å². The summed E-state index contributed by atoms with van der Waals surface area (Å²) >= 11 is 1.09. The van der Waals surface area contributed by atoms with Crippen LogP contribution in [0.4, 0.5) is 22.0 Å². The van der Waals surface area contributed by atoms with Crippen LogP contribution in [0, 0.1) is 11.8 Å². The first-order chi connectivity index (χ1) is 10.4. The second-order valence-corrected chi connectivity index (χ2v) is 7.63. The summed E-state index contributed by atoms with van der Waals surface area (Å²) in [6, 6.07) is 0. The van der Waals surface area contributed by atoms with Crippen LogP contribution in [0.2, 0.25) is 0 Å². The van der Waals surface area contributed by atoms with Crippen molar-refractivity contribution in [3.63, 3.8) is 0 Å². The molecule has 0 bridgehead atoms. The molecule has 23 heavy (non-hydrogen) atoms. The van der Waals surface area contributed by atoms with Crippen LogP contribution in [0.3, 0.4) is 0 Å². The zero-order valence-electron chi connectivity index (χ0n) is 13.9. The van der Waals surface area contributed by atoms with Gasteiger partial charge < -0.3 is 4.74 Å². The lowest BCUT2D eigenvalue weighted by molar-refractivity contribution is -0.284. The molecular weight excluding hydrogens is 339 g/mol. The second-order valence-electron chi connectivity index (χ2n) is 6.32. The van der Waals surface area contributed by atoms with Crippen molar-refractivity contribution in [3.05, 3.63) is 0 Å². The monoisotopic (exact) mass is 364 g/mol. The van der Waals surface area contributed by atoms with Crippen LogP contribution in [0.5, 0.6) is 0 Å². The Bertz CT molecular complexity index is 356. The lowest BCUT2D eigenvalue weighted by atomic mass is 10.1. The quantitative estimate of drug-likeness (QED) is 0.298. The second kappa shape index (κ2) is 9.69. The fraction of sp³-hybridized carbons (Fsp3) is 0.933. The van der Waals surface area contributed by atoms with Crippen molar-refractivity contribution < 1.29 is 31.5 Å². The highest BCUT2D eigenvalue weighted by Crippen LogP contribution is 2.39. The molecule has 0 saturated carbocycles. The fourth-order valence-electron chi connectivity index (χ4n) is 1.66. The minimum atomic E-state index is -5.52. The first-order valence-corrected chi connectivity index (χ1v) is 8.64. The van der Waals surface area contributed by atoms with Gasteiger partial charge in [-0.25, -0.2) is 0 Å². The van der Waals surface area contributed by atoms with Gasteiger partial charge in [0, 0.05) is 6.42 Å². The van der Waals surface area contributed by atoms with Crippen LogP contribution in [-0.4, -0.2) is 35.7 Å². The molecule has 8 heteroatoms. The molecule has 2 nitrogen and oxygen atoms in total. The Kier molecular flexibility index (Phi) is 9.47. The molecule has 0 rings (SSSR count). The Morgan fingerprint density at radius 1 is 1.04 bits per heavy atom. The van der Waals surface area contributed by atoms with E-state index >= 15 is 0 Å². The van der Waals surface area contributed by atoms with Crippen LogP contribution in [0.25, 0.3) is 0 Å². The molecule has 1 atom stereocenters.